The predicted octanol–water partition coefficient (Wildman–Crippen LogP) is -0.439. The number of unbranched alkanes of at least 4 members (excludes halogenated alkanes) is 1. The fourth-order valence-electron chi connectivity index (χ4n) is 1.90. The second kappa shape index (κ2) is 8.53. The molecule has 0 aromatic carbocycles. The minimum atomic E-state index is -3.58. The van der Waals surface area contributed by atoms with E-state index in [1.165, 1.54) is 14.1 Å². The van der Waals surface area contributed by atoms with Gasteiger partial charge in [-0.3, -0.25) is 10.0 Å². The fraction of sp³-hybridized carbons (Fsp3) is 0.909. The number of hydrogen-bond acceptors (Lipinski definition) is 5. The minimum Gasteiger partial charge on any atom is -0.379 e. The number of hydrogen-bond donors (Lipinski definition) is 2. The van der Waals surface area contributed by atoms with Crippen LogP contribution in [0.3, 0.4) is 0 Å². The Morgan fingerprint density at radius 2 is 2.00 bits per heavy atom. The summed E-state index contributed by atoms with van der Waals surface area (Å²) in [7, 11) is -3.58. The van der Waals surface area contributed by atoms with Gasteiger partial charge in [0.1, 0.15) is 0 Å². The van der Waals surface area contributed by atoms with Gasteiger partial charge in [0.25, 0.3) is 10.2 Å². The van der Waals surface area contributed by atoms with E-state index in [-0.39, 0.29) is 13.0 Å². The van der Waals surface area contributed by atoms with Gasteiger partial charge in [-0.15, -0.1) is 0 Å². The largest absolute Gasteiger partial charge is 0.379 e. The number of nitrogens with zero attached hydrogens (tertiary/aromatic N) is 2. The van der Waals surface area contributed by atoms with Crippen molar-refractivity contribution in [1.29, 1.82) is 0 Å². The Morgan fingerprint density at radius 3 is 2.55 bits per heavy atom. The zero-order valence-corrected chi connectivity index (χ0v) is 12.6. The zero-order valence-electron chi connectivity index (χ0n) is 11.7. The van der Waals surface area contributed by atoms with Crippen LogP contribution < -0.4 is 5.48 Å². The molecule has 118 valence electrons. The molecule has 9 heteroatoms. The van der Waals surface area contributed by atoms with E-state index in [0.29, 0.717) is 32.8 Å². The first-order chi connectivity index (χ1) is 9.52. The van der Waals surface area contributed by atoms with E-state index in [2.05, 4.69) is 0 Å². The quantitative estimate of drug-likeness (QED) is 0.468. The van der Waals surface area contributed by atoms with Gasteiger partial charge in [0.05, 0.1) is 13.2 Å². The maximum Gasteiger partial charge on any atom is 0.282 e. The maximum atomic E-state index is 12.5. The van der Waals surface area contributed by atoms with Crippen LogP contribution >= 0.6 is 0 Å². The van der Waals surface area contributed by atoms with Crippen LogP contribution in [-0.2, 0) is 19.7 Å². The molecule has 0 saturated carbocycles. The summed E-state index contributed by atoms with van der Waals surface area (Å²) < 4.78 is 32.8. The van der Waals surface area contributed by atoms with E-state index in [1.807, 2.05) is 6.92 Å². The highest BCUT2D eigenvalue weighted by atomic mass is 32.2. The summed E-state index contributed by atoms with van der Waals surface area (Å²) in [5.41, 5.74) is 1.51. The number of nitrogens with one attached hydrogen (secondary N) is 1. The van der Waals surface area contributed by atoms with E-state index in [9.17, 15) is 13.2 Å². The molecule has 0 radical (unpaired) electrons. The van der Waals surface area contributed by atoms with Crippen LogP contribution in [0.5, 0.6) is 0 Å². The van der Waals surface area contributed by atoms with Crippen LogP contribution in [-0.4, -0.2) is 67.5 Å². The highest BCUT2D eigenvalue weighted by Gasteiger charge is 2.30. The molecule has 0 bridgehead atoms. The van der Waals surface area contributed by atoms with Gasteiger partial charge in [-0.05, 0) is 6.42 Å². The zero-order chi connectivity index (χ0) is 15.0. The lowest BCUT2D eigenvalue weighted by molar-refractivity contribution is -0.129. The van der Waals surface area contributed by atoms with E-state index >= 15 is 0 Å². The molecule has 0 aromatic rings. The number of carbonyl (C=O) groups excluding carboxylic acids is 1. The molecular formula is C11H23N3O5S. The van der Waals surface area contributed by atoms with Gasteiger partial charge < -0.3 is 4.74 Å². The first-order valence-electron chi connectivity index (χ1n) is 6.78. The number of hydroxylamine groups is 1. The molecule has 2 N–H and O–H groups in total. The molecule has 1 rings (SSSR count). The van der Waals surface area contributed by atoms with Crippen LogP contribution in [0.1, 0.15) is 26.2 Å². The summed E-state index contributed by atoms with van der Waals surface area (Å²) in [6.07, 6.45) is 1.52. The molecule has 1 heterocycles. The summed E-state index contributed by atoms with van der Waals surface area (Å²) in [4.78, 5) is 11.1. The smallest absolute Gasteiger partial charge is 0.282 e. The maximum absolute atomic E-state index is 12.5. The molecule has 1 saturated heterocycles. The summed E-state index contributed by atoms with van der Waals surface area (Å²) in [6.45, 7) is 3.84. The first-order valence-corrected chi connectivity index (χ1v) is 8.18. The summed E-state index contributed by atoms with van der Waals surface area (Å²) >= 11 is 0. The van der Waals surface area contributed by atoms with Crippen molar-refractivity contribution in [2.45, 2.75) is 26.2 Å². The lowest BCUT2D eigenvalue weighted by Gasteiger charge is -2.32. The molecule has 8 nitrogen and oxygen atoms in total. The highest BCUT2D eigenvalue weighted by Crippen LogP contribution is 2.12. The third-order valence-corrected chi connectivity index (χ3v) is 5.13. The average Bonchev–Trinajstić information content (AvgIpc) is 2.47. The summed E-state index contributed by atoms with van der Waals surface area (Å²) in [6, 6.07) is 0. The van der Waals surface area contributed by atoms with Gasteiger partial charge in [0, 0.05) is 32.6 Å². The Balaban J connectivity index is 2.70. The van der Waals surface area contributed by atoms with Gasteiger partial charge >= 0.3 is 0 Å². The Labute approximate surface area is 119 Å². The van der Waals surface area contributed by atoms with Gasteiger partial charge in [-0.2, -0.15) is 17.0 Å². The van der Waals surface area contributed by atoms with Crippen molar-refractivity contribution < 1.29 is 23.2 Å². The molecule has 0 aromatic heterocycles. The van der Waals surface area contributed by atoms with Gasteiger partial charge in [-0.1, -0.05) is 13.3 Å². The molecule has 0 atom stereocenters. The molecule has 20 heavy (non-hydrogen) atoms. The Morgan fingerprint density at radius 1 is 1.35 bits per heavy atom. The van der Waals surface area contributed by atoms with Crippen molar-refractivity contribution in [1.82, 2.24) is 14.1 Å². The molecule has 1 aliphatic heterocycles. The van der Waals surface area contributed by atoms with Crippen molar-refractivity contribution in [2.75, 3.05) is 39.4 Å². The van der Waals surface area contributed by atoms with Gasteiger partial charge in [0.2, 0.25) is 5.91 Å². The molecular weight excluding hydrogens is 286 g/mol. The monoisotopic (exact) mass is 309 g/mol. The Kier molecular flexibility index (Phi) is 7.38. The highest BCUT2D eigenvalue weighted by molar-refractivity contribution is 7.86. The van der Waals surface area contributed by atoms with Crippen LogP contribution in [0.2, 0.25) is 0 Å². The van der Waals surface area contributed by atoms with Crippen molar-refractivity contribution in [3.8, 4) is 0 Å². The Bertz CT molecular complexity index is 395. The third-order valence-electron chi connectivity index (χ3n) is 3.10. The van der Waals surface area contributed by atoms with Crippen molar-refractivity contribution >= 4 is 16.1 Å². The predicted molar refractivity (Wildman–Crippen MR) is 72.3 cm³/mol. The fourth-order valence-corrected chi connectivity index (χ4v) is 3.52. The third kappa shape index (κ3) is 4.98. The lowest BCUT2D eigenvalue weighted by Crippen LogP contribution is -2.49. The SMILES string of the molecule is CCCCN(CCC(=O)NO)S(=O)(=O)N1CCOCC1. The minimum absolute atomic E-state index is 0.0616. The number of rotatable bonds is 8. The molecule has 1 amide bonds. The average molecular weight is 309 g/mol. The van der Waals surface area contributed by atoms with Crippen LogP contribution in [0.15, 0.2) is 0 Å². The van der Waals surface area contributed by atoms with Crippen LogP contribution in [0.4, 0.5) is 0 Å². The van der Waals surface area contributed by atoms with Crippen LogP contribution in [0.25, 0.3) is 0 Å². The number of ether oxygens (including phenoxy) is 1. The van der Waals surface area contributed by atoms with Crippen LogP contribution in [0, 0.1) is 0 Å². The molecule has 1 fully saturated rings. The first kappa shape index (κ1) is 17.3. The molecule has 0 spiro atoms. The number of morpholine rings is 1. The van der Waals surface area contributed by atoms with E-state index in [4.69, 9.17) is 9.94 Å². The van der Waals surface area contributed by atoms with Crippen molar-refractivity contribution in [2.24, 2.45) is 0 Å². The summed E-state index contributed by atoms with van der Waals surface area (Å²) in [5, 5.41) is 8.48. The van der Waals surface area contributed by atoms with Crippen molar-refractivity contribution in [3.05, 3.63) is 0 Å². The molecule has 0 aliphatic carbocycles. The van der Waals surface area contributed by atoms with Gasteiger partial charge in [0.15, 0.2) is 0 Å². The van der Waals surface area contributed by atoms with Crippen molar-refractivity contribution in [3.63, 3.8) is 0 Å². The van der Waals surface area contributed by atoms with E-state index < -0.39 is 16.1 Å². The normalized spacial score (nSPS) is 17.4. The number of carbonyl (C=O) groups is 1. The molecule has 1 aliphatic rings. The molecule has 0 unspecified atom stereocenters. The second-order valence-corrected chi connectivity index (χ2v) is 6.49. The topological polar surface area (TPSA) is 99.2 Å². The standard InChI is InChI=1S/C11H23N3O5S/c1-2-3-5-13(6-4-11(15)12-16)20(17,18)14-7-9-19-10-8-14/h16H,2-10H2,1H3,(H,12,15). The Hall–Kier alpha value is -0.740. The van der Waals surface area contributed by atoms with Gasteiger partial charge in [-0.25, -0.2) is 5.48 Å². The lowest BCUT2D eigenvalue weighted by atomic mass is 10.3. The number of amides is 1. The second-order valence-electron chi connectivity index (χ2n) is 4.56. The van der Waals surface area contributed by atoms with E-state index in [0.717, 1.165) is 12.8 Å². The van der Waals surface area contributed by atoms with E-state index in [1.54, 1.807) is 0 Å². The summed E-state index contributed by atoms with van der Waals surface area (Å²) in [5.74, 6) is -0.594.